The van der Waals surface area contributed by atoms with E-state index < -0.39 is 29.2 Å². The average molecular weight is 491 g/mol. The molecular weight excluding hydrogens is 467 g/mol. The lowest BCUT2D eigenvalue weighted by molar-refractivity contribution is 0.0694. The first-order chi connectivity index (χ1) is 16.3. The Bertz CT molecular complexity index is 1310. The number of carboxylic acids is 1. The van der Waals surface area contributed by atoms with Gasteiger partial charge in [-0.3, -0.25) is 4.79 Å². The number of benzene rings is 1. The Morgan fingerprint density at radius 2 is 2.24 bits per heavy atom. The van der Waals surface area contributed by atoms with Crippen LogP contribution in [0.5, 0.6) is 5.75 Å². The van der Waals surface area contributed by atoms with Crippen molar-refractivity contribution in [1.82, 2.24) is 14.9 Å². The van der Waals surface area contributed by atoms with E-state index >= 15 is 0 Å². The van der Waals surface area contributed by atoms with Crippen molar-refractivity contribution < 1.29 is 23.4 Å². The highest BCUT2D eigenvalue weighted by atomic mass is 35.5. The molecule has 2 fully saturated rings. The minimum atomic E-state index is -1.37. The van der Waals surface area contributed by atoms with Crippen LogP contribution in [0.2, 0.25) is 5.02 Å². The SMILES string of the molecule is CNC(c1ncco1)C1CCN(c2c(Cl)cc3c(=O)c(C(=O)O)cn(C4CC4F)c3c2OC)C1. The van der Waals surface area contributed by atoms with Crippen molar-refractivity contribution >= 4 is 34.2 Å². The van der Waals surface area contributed by atoms with E-state index in [4.69, 9.17) is 20.8 Å². The molecule has 3 aromatic rings. The summed E-state index contributed by atoms with van der Waals surface area (Å²) >= 11 is 6.67. The standard InChI is InChI=1S/C23H24ClFN4O5/c1-26-17(22-27-4-6-34-22)11-3-5-28(9-11)19-14(24)7-12-18(21(19)33-2)29(16-8-15(16)25)10-13(20(12)30)23(31)32/h4,6-7,10-11,15-17,26H,3,5,8-9H2,1-2H3,(H,31,32). The number of pyridine rings is 1. The summed E-state index contributed by atoms with van der Waals surface area (Å²) in [4.78, 5) is 31.0. The maximum Gasteiger partial charge on any atom is 0.341 e. The second-order valence-electron chi connectivity index (χ2n) is 8.67. The number of carbonyl (C=O) groups is 1. The number of aromatic carboxylic acids is 1. The number of nitrogens with zero attached hydrogens (tertiary/aromatic N) is 3. The molecule has 1 saturated heterocycles. The Balaban J connectivity index is 1.63. The number of fused-ring (bicyclic) bond motifs is 1. The molecule has 4 unspecified atom stereocenters. The Morgan fingerprint density at radius 1 is 1.47 bits per heavy atom. The summed E-state index contributed by atoms with van der Waals surface area (Å²) in [5.41, 5.74) is -0.168. The molecule has 4 atom stereocenters. The van der Waals surface area contributed by atoms with Crippen LogP contribution in [0.4, 0.5) is 10.1 Å². The minimum absolute atomic E-state index is 0.0910. The van der Waals surface area contributed by atoms with Crippen LogP contribution in [0.1, 0.15) is 41.2 Å². The molecule has 0 amide bonds. The van der Waals surface area contributed by atoms with E-state index in [1.54, 1.807) is 6.20 Å². The largest absolute Gasteiger partial charge is 0.492 e. The quantitative estimate of drug-likeness (QED) is 0.518. The molecule has 11 heteroatoms. The Kier molecular flexibility index (Phi) is 5.73. The highest BCUT2D eigenvalue weighted by molar-refractivity contribution is 6.35. The zero-order chi connectivity index (χ0) is 24.1. The first kappa shape index (κ1) is 22.7. The Morgan fingerprint density at radius 3 is 2.82 bits per heavy atom. The summed E-state index contributed by atoms with van der Waals surface area (Å²) in [5, 5.41) is 13.1. The molecule has 0 radical (unpaired) electrons. The van der Waals surface area contributed by atoms with Gasteiger partial charge in [-0.2, -0.15) is 0 Å². The number of halogens is 2. The molecule has 0 spiro atoms. The van der Waals surface area contributed by atoms with Gasteiger partial charge in [0.2, 0.25) is 11.3 Å². The molecule has 1 aliphatic heterocycles. The van der Waals surface area contributed by atoms with Gasteiger partial charge in [-0.15, -0.1) is 0 Å². The molecule has 2 aromatic heterocycles. The number of aromatic nitrogens is 2. The van der Waals surface area contributed by atoms with E-state index in [0.717, 1.165) is 6.42 Å². The molecule has 0 bridgehead atoms. The molecule has 34 heavy (non-hydrogen) atoms. The van der Waals surface area contributed by atoms with E-state index in [1.807, 2.05) is 7.05 Å². The van der Waals surface area contributed by atoms with Crippen molar-refractivity contribution in [2.75, 3.05) is 32.1 Å². The first-order valence-corrected chi connectivity index (χ1v) is 11.4. The number of carboxylic acid groups (broad SMARTS) is 1. The first-order valence-electron chi connectivity index (χ1n) is 11.0. The van der Waals surface area contributed by atoms with Gasteiger partial charge >= 0.3 is 5.97 Å². The third kappa shape index (κ3) is 3.61. The van der Waals surface area contributed by atoms with Gasteiger partial charge in [0.25, 0.3) is 0 Å². The van der Waals surface area contributed by atoms with Crippen LogP contribution < -0.4 is 20.4 Å². The smallest absolute Gasteiger partial charge is 0.341 e. The van der Waals surface area contributed by atoms with Crippen molar-refractivity contribution in [1.29, 1.82) is 0 Å². The van der Waals surface area contributed by atoms with Gasteiger partial charge < -0.3 is 29.0 Å². The van der Waals surface area contributed by atoms with Crippen LogP contribution in [-0.4, -0.2) is 54.0 Å². The average Bonchev–Trinajstić information content (AvgIpc) is 3.20. The molecule has 9 nitrogen and oxygen atoms in total. The summed E-state index contributed by atoms with van der Waals surface area (Å²) in [6.07, 6.45) is 4.30. The molecule has 180 valence electrons. The number of nitrogens with one attached hydrogen (secondary N) is 1. The fourth-order valence-electron chi connectivity index (χ4n) is 5.00. The van der Waals surface area contributed by atoms with Crippen LogP contribution in [0.15, 0.2) is 33.9 Å². The van der Waals surface area contributed by atoms with Crippen LogP contribution in [-0.2, 0) is 0 Å². The van der Waals surface area contributed by atoms with Crippen molar-refractivity contribution in [2.24, 2.45) is 5.92 Å². The van der Waals surface area contributed by atoms with E-state index in [-0.39, 0.29) is 28.8 Å². The predicted octanol–water partition coefficient (Wildman–Crippen LogP) is 3.42. The fraction of sp³-hybridized carbons (Fsp3) is 0.435. The van der Waals surface area contributed by atoms with Crippen molar-refractivity contribution in [3.63, 3.8) is 0 Å². The second-order valence-corrected chi connectivity index (χ2v) is 9.08. The van der Waals surface area contributed by atoms with Crippen molar-refractivity contribution in [3.05, 3.63) is 51.4 Å². The van der Waals surface area contributed by atoms with E-state index in [1.165, 1.54) is 30.2 Å². The Labute approximate surface area is 199 Å². The maximum absolute atomic E-state index is 14.1. The number of ether oxygens (including phenoxy) is 1. The number of oxazole rings is 1. The van der Waals surface area contributed by atoms with Crippen LogP contribution in [0.25, 0.3) is 10.9 Å². The third-order valence-corrected chi connectivity index (χ3v) is 7.00. The summed E-state index contributed by atoms with van der Waals surface area (Å²) in [7, 11) is 3.31. The lowest BCUT2D eigenvalue weighted by atomic mass is 9.99. The summed E-state index contributed by atoms with van der Waals surface area (Å²) in [6, 6.07) is 0.807. The molecule has 1 aliphatic carbocycles. The van der Waals surface area contributed by atoms with Crippen LogP contribution in [0, 0.1) is 5.92 Å². The zero-order valence-electron chi connectivity index (χ0n) is 18.6. The third-order valence-electron chi connectivity index (χ3n) is 6.71. The summed E-state index contributed by atoms with van der Waals surface area (Å²) in [5.74, 6) is -0.282. The molecule has 1 aromatic carbocycles. The summed E-state index contributed by atoms with van der Waals surface area (Å²) < 4.78 is 26.9. The van der Waals surface area contributed by atoms with Gasteiger partial charge in [-0.1, -0.05) is 11.6 Å². The van der Waals surface area contributed by atoms with E-state index in [9.17, 15) is 19.1 Å². The highest BCUT2D eigenvalue weighted by Crippen LogP contribution is 2.48. The monoisotopic (exact) mass is 490 g/mol. The molecular formula is C23H24ClFN4O5. The van der Waals surface area contributed by atoms with Crippen LogP contribution >= 0.6 is 11.6 Å². The molecule has 2 N–H and O–H groups in total. The normalized spacial score (nSPS) is 22.8. The molecule has 5 rings (SSSR count). The van der Waals surface area contributed by atoms with Gasteiger partial charge in [0.15, 0.2) is 5.75 Å². The number of anilines is 1. The number of methoxy groups -OCH3 is 1. The number of rotatable bonds is 7. The topological polar surface area (TPSA) is 110 Å². The van der Waals surface area contributed by atoms with Gasteiger partial charge in [-0.25, -0.2) is 14.2 Å². The van der Waals surface area contributed by atoms with Gasteiger partial charge in [-0.05, 0) is 19.5 Å². The van der Waals surface area contributed by atoms with Gasteiger partial charge in [0.05, 0.1) is 41.3 Å². The van der Waals surface area contributed by atoms with E-state index in [2.05, 4.69) is 15.2 Å². The highest BCUT2D eigenvalue weighted by Gasteiger charge is 2.41. The van der Waals surface area contributed by atoms with E-state index in [0.29, 0.717) is 35.9 Å². The van der Waals surface area contributed by atoms with Crippen LogP contribution in [0.3, 0.4) is 0 Å². The Hall–Kier alpha value is -3.11. The molecule has 2 aliphatic rings. The van der Waals surface area contributed by atoms with Gasteiger partial charge in [0, 0.05) is 31.6 Å². The fourth-order valence-corrected chi connectivity index (χ4v) is 5.31. The predicted molar refractivity (Wildman–Crippen MR) is 124 cm³/mol. The number of alkyl halides is 1. The van der Waals surface area contributed by atoms with Gasteiger partial charge in [0.1, 0.15) is 23.7 Å². The lowest BCUT2D eigenvalue weighted by Crippen LogP contribution is -2.29. The summed E-state index contributed by atoms with van der Waals surface area (Å²) in [6.45, 7) is 1.28. The maximum atomic E-state index is 14.1. The molecule has 1 saturated carbocycles. The van der Waals surface area contributed by atoms with Crippen molar-refractivity contribution in [2.45, 2.75) is 31.1 Å². The zero-order valence-corrected chi connectivity index (χ0v) is 19.4. The number of hydrogen-bond donors (Lipinski definition) is 2. The molecule has 3 heterocycles. The minimum Gasteiger partial charge on any atom is -0.492 e. The lowest BCUT2D eigenvalue weighted by Gasteiger charge is -2.26. The van der Waals surface area contributed by atoms with Crippen molar-refractivity contribution in [3.8, 4) is 5.75 Å². The second kappa shape index (κ2) is 8.59. The number of hydrogen-bond acceptors (Lipinski definition) is 7.